The molecule has 0 amide bonds. The predicted molar refractivity (Wildman–Crippen MR) is 69.2 cm³/mol. The van der Waals surface area contributed by atoms with Gasteiger partial charge in [0.25, 0.3) is 0 Å². The summed E-state index contributed by atoms with van der Waals surface area (Å²) in [5.41, 5.74) is 1.48. The Kier molecular flexibility index (Phi) is 3.00. The van der Waals surface area contributed by atoms with Gasteiger partial charge in [0.15, 0.2) is 0 Å². The standard InChI is InChI=1S/C12H17NOS2/c1-7-4-11(13-8-5-9(14)6-8)10-2-3-15-12(10)16-7/h2-3,7-9,11,13-14H,4-6H2,1H3/t7-,8?,9?,11?/m0/s1. The van der Waals surface area contributed by atoms with Crippen molar-refractivity contribution in [1.82, 2.24) is 5.32 Å². The molecule has 1 aromatic rings. The van der Waals surface area contributed by atoms with Gasteiger partial charge in [0.2, 0.25) is 0 Å². The summed E-state index contributed by atoms with van der Waals surface area (Å²) in [6.45, 7) is 2.30. The Labute approximate surface area is 104 Å². The maximum Gasteiger partial charge on any atom is 0.0649 e. The summed E-state index contributed by atoms with van der Waals surface area (Å²) in [5, 5.41) is 15.9. The number of hydrogen-bond acceptors (Lipinski definition) is 4. The summed E-state index contributed by atoms with van der Waals surface area (Å²) >= 11 is 3.86. The molecule has 2 heterocycles. The van der Waals surface area contributed by atoms with Gasteiger partial charge in [-0.1, -0.05) is 6.92 Å². The molecule has 16 heavy (non-hydrogen) atoms. The van der Waals surface area contributed by atoms with E-state index < -0.39 is 0 Å². The van der Waals surface area contributed by atoms with E-state index >= 15 is 0 Å². The second-order valence-corrected chi connectivity index (χ2v) is 7.49. The molecule has 0 bridgehead atoms. The van der Waals surface area contributed by atoms with E-state index in [9.17, 15) is 5.11 Å². The lowest BCUT2D eigenvalue weighted by molar-refractivity contribution is 0.0569. The molecule has 0 spiro atoms. The number of hydrogen-bond donors (Lipinski definition) is 2. The summed E-state index contributed by atoms with van der Waals surface area (Å²) in [4.78, 5) is 0. The van der Waals surface area contributed by atoms with Crippen LogP contribution in [-0.4, -0.2) is 22.5 Å². The quantitative estimate of drug-likeness (QED) is 0.852. The van der Waals surface area contributed by atoms with Crippen molar-refractivity contribution in [1.29, 1.82) is 0 Å². The summed E-state index contributed by atoms with van der Waals surface area (Å²) in [7, 11) is 0. The van der Waals surface area contributed by atoms with Crippen molar-refractivity contribution in [3.63, 3.8) is 0 Å². The van der Waals surface area contributed by atoms with E-state index in [4.69, 9.17) is 0 Å². The van der Waals surface area contributed by atoms with Gasteiger partial charge in [0, 0.05) is 17.3 Å². The number of rotatable bonds is 2. The first kappa shape index (κ1) is 11.1. The molecule has 1 saturated carbocycles. The molecular weight excluding hydrogens is 238 g/mol. The Balaban J connectivity index is 1.71. The van der Waals surface area contributed by atoms with Crippen molar-refractivity contribution in [2.24, 2.45) is 0 Å². The molecule has 1 unspecified atom stereocenters. The third kappa shape index (κ3) is 2.04. The number of thioether (sulfide) groups is 1. The van der Waals surface area contributed by atoms with Gasteiger partial charge < -0.3 is 10.4 Å². The molecule has 1 aliphatic carbocycles. The average Bonchev–Trinajstić information content (AvgIpc) is 2.62. The molecule has 1 aliphatic heterocycles. The first-order chi connectivity index (χ1) is 7.72. The number of thiophene rings is 1. The molecule has 0 aromatic carbocycles. The minimum Gasteiger partial charge on any atom is -0.393 e. The van der Waals surface area contributed by atoms with E-state index in [1.165, 1.54) is 16.2 Å². The minimum atomic E-state index is -0.0603. The minimum absolute atomic E-state index is 0.0603. The molecule has 2 atom stereocenters. The van der Waals surface area contributed by atoms with E-state index in [1.54, 1.807) is 0 Å². The van der Waals surface area contributed by atoms with Crippen molar-refractivity contribution in [3.05, 3.63) is 17.0 Å². The van der Waals surface area contributed by atoms with Crippen LogP contribution in [0.4, 0.5) is 0 Å². The normalized spacial score (nSPS) is 37.9. The van der Waals surface area contributed by atoms with Crippen molar-refractivity contribution >= 4 is 23.1 Å². The zero-order valence-corrected chi connectivity index (χ0v) is 11.0. The Morgan fingerprint density at radius 1 is 1.38 bits per heavy atom. The van der Waals surface area contributed by atoms with Gasteiger partial charge in [-0.05, 0) is 36.3 Å². The Morgan fingerprint density at radius 2 is 2.19 bits per heavy atom. The number of aliphatic hydroxyl groups excluding tert-OH is 1. The molecule has 3 rings (SSSR count). The topological polar surface area (TPSA) is 32.3 Å². The fraction of sp³-hybridized carbons (Fsp3) is 0.667. The van der Waals surface area contributed by atoms with Crippen LogP contribution in [0.25, 0.3) is 0 Å². The van der Waals surface area contributed by atoms with Crippen LogP contribution >= 0.6 is 23.1 Å². The van der Waals surface area contributed by atoms with Gasteiger partial charge in [-0.3, -0.25) is 0 Å². The van der Waals surface area contributed by atoms with E-state index in [-0.39, 0.29) is 6.10 Å². The first-order valence-electron chi connectivity index (χ1n) is 5.90. The second-order valence-electron chi connectivity index (χ2n) is 4.87. The smallest absolute Gasteiger partial charge is 0.0649 e. The zero-order chi connectivity index (χ0) is 11.1. The van der Waals surface area contributed by atoms with E-state index in [2.05, 4.69) is 23.7 Å². The number of nitrogens with one attached hydrogen (secondary N) is 1. The van der Waals surface area contributed by atoms with Crippen LogP contribution in [0.2, 0.25) is 0 Å². The number of fused-ring (bicyclic) bond motifs is 1. The maximum atomic E-state index is 9.31. The van der Waals surface area contributed by atoms with Gasteiger partial charge in [-0.2, -0.15) is 0 Å². The fourth-order valence-electron chi connectivity index (χ4n) is 2.52. The third-order valence-electron chi connectivity index (χ3n) is 3.46. The zero-order valence-electron chi connectivity index (χ0n) is 9.35. The van der Waals surface area contributed by atoms with Crippen LogP contribution in [-0.2, 0) is 0 Å². The monoisotopic (exact) mass is 255 g/mol. The molecule has 2 nitrogen and oxygen atoms in total. The lowest BCUT2D eigenvalue weighted by Crippen LogP contribution is -2.46. The highest BCUT2D eigenvalue weighted by atomic mass is 32.2. The number of aliphatic hydroxyl groups is 1. The van der Waals surface area contributed by atoms with Gasteiger partial charge >= 0.3 is 0 Å². The van der Waals surface area contributed by atoms with Crippen molar-refractivity contribution < 1.29 is 5.11 Å². The van der Waals surface area contributed by atoms with Crippen LogP contribution < -0.4 is 5.32 Å². The van der Waals surface area contributed by atoms with E-state index in [1.807, 2.05) is 23.1 Å². The highest BCUT2D eigenvalue weighted by molar-refractivity contribution is 8.01. The van der Waals surface area contributed by atoms with E-state index in [0.29, 0.717) is 17.3 Å². The molecule has 1 fully saturated rings. The molecule has 88 valence electrons. The van der Waals surface area contributed by atoms with Crippen molar-refractivity contribution in [3.8, 4) is 0 Å². The molecular formula is C12H17NOS2. The maximum absolute atomic E-state index is 9.31. The molecule has 0 saturated heterocycles. The highest BCUT2D eigenvalue weighted by Crippen LogP contribution is 2.44. The Bertz CT molecular complexity index is 373. The Morgan fingerprint density at radius 3 is 2.94 bits per heavy atom. The molecule has 0 radical (unpaired) electrons. The summed E-state index contributed by atoms with van der Waals surface area (Å²) in [6.07, 6.45) is 3.01. The molecule has 4 heteroatoms. The van der Waals surface area contributed by atoms with Gasteiger partial charge in [-0.25, -0.2) is 0 Å². The van der Waals surface area contributed by atoms with E-state index in [0.717, 1.165) is 12.8 Å². The highest BCUT2D eigenvalue weighted by Gasteiger charge is 2.32. The van der Waals surface area contributed by atoms with Gasteiger partial charge in [-0.15, -0.1) is 23.1 Å². The third-order valence-corrected chi connectivity index (χ3v) is 5.80. The lowest BCUT2D eigenvalue weighted by Gasteiger charge is -2.37. The van der Waals surface area contributed by atoms with Gasteiger partial charge in [0.1, 0.15) is 0 Å². The van der Waals surface area contributed by atoms with Crippen LogP contribution in [0.15, 0.2) is 15.7 Å². The summed E-state index contributed by atoms with van der Waals surface area (Å²) in [5.74, 6) is 0. The van der Waals surface area contributed by atoms with Crippen LogP contribution in [0, 0.1) is 0 Å². The lowest BCUT2D eigenvalue weighted by atomic mass is 9.88. The van der Waals surface area contributed by atoms with Crippen molar-refractivity contribution in [2.45, 2.75) is 53.8 Å². The Hall–Kier alpha value is -0.0300. The molecule has 2 N–H and O–H groups in total. The summed E-state index contributed by atoms with van der Waals surface area (Å²) in [6, 6.07) is 3.30. The average molecular weight is 255 g/mol. The molecule has 1 aromatic heterocycles. The van der Waals surface area contributed by atoms with Gasteiger partial charge in [0.05, 0.1) is 10.3 Å². The SMILES string of the molecule is C[C@H]1CC(NC2CC(O)C2)c2ccsc2S1. The predicted octanol–water partition coefficient (Wildman–Crippen LogP) is 2.79. The van der Waals surface area contributed by atoms with Crippen LogP contribution in [0.1, 0.15) is 37.8 Å². The first-order valence-corrected chi connectivity index (χ1v) is 7.66. The fourth-order valence-corrected chi connectivity index (χ4v) is 5.08. The van der Waals surface area contributed by atoms with Crippen LogP contribution in [0.3, 0.4) is 0 Å². The largest absolute Gasteiger partial charge is 0.393 e. The molecule has 2 aliphatic rings. The van der Waals surface area contributed by atoms with Crippen molar-refractivity contribution in [2.75, 3.05) is 0 Å². The van der Waals surface area contributed by atoms with Crippen LogP contribution in [0.5, 0.6) is 0 Å². The summed E-state index contributed by atoms with van der Waals surface area (Å²) < 4.78 is 1.48. The second kappa shape index (κ2) is 4.33.